The highest BCUT2D eigenvalue weighted by molar-refractivity contribution is 14.0. The molecular formula is C15H32IN5O. The van der Waals surface area contributed by atoms with Crippen LogP contribution in [0, 0.1) is 0 Å². The highest BCUT2D eigenvalue weighted by Crippen LogP contribution is 2.10. The Labute approximate surface area is 151 Å². The molecule has 0 bridgehead atoms. The molecule has 0 unspecified atom stereocenters. The fourth-order valence-electron chi connectivity index (χ4n) is 2.53. The fourth-order valence-corrected chi connectivity index (χ4v) is 2.53. The van der Waals surface area contributed by atoms with Crippen LogP contribution in [0.3, 0.4) is 0 Å². The quantitative estimate of drug-likeness (QED) is 0.326. The van der Waals surface area contributed by atoms with Gasteiger partial charge in [0.2, 0.25) is 5.91 Å². The molecule has 1 aliphatic rings. The van der Waals surface area contributed by atoms with Crippen LogP contribution in [0.2, 0.25) is 0 Å². The molecule has 1 saturated heterocycles. The van der Waals surface area contributed by atoms with Gasteiger partial charge in [-0.3, -0.25) is 4.79 Å². The number of likely N-dealkylation sites (N-methyl/N-ethyl adjacent to an activating group) is 1. The topological polar surface area (TPSA) is 68.8 Å². The zero-order chi connectivity index (χ0) is 15.5. The van der Waals surface area contributed by atoms with Crippen LogP contribution < -0.4 is 16.0 Å². The number of likely N-dealkylation sites (tertiary alicyclic amines) is 1. The molecule has 0 aliphatic carbocycles. The number of amides is 1. The van der Waals surface area contributed by atoms with Crippen molar-refractivity contribution in [2.75, 3.05) is 39.3 Å². The second-order valence-corrected chi connectivity index (χ2v) is 5.41. The first-order valence-corrected chi connectivity index (χ1v) is 8.23. The smallest absolute Gasteiger partial charge is 0.241 e. The van der Waals surface area contributed by atoms with Crippen molar-refractivity contribution in [3.8, 4) is 0 Å². The van der Waals surface area contributed by atoms with Gasteiger partial charge in [-0.15, -0.1) is 24.0 Å². The Balaban J connectivity index is 0.00000441. The summed E-state index contributed by atoms with van der Waals surface area (Å²) in [6, 6.07) is 0.449. The second kappa shape index (κ2) is 12.9. The molecule has 6 nitrogen and oxygen atoms in total. The van der Waals surface area contributed by atoms with E-state index in [1.54, 1.807) is 0 Å². The average molecular weight is 425 g/mol. The number of carbonyl (C=O) groups excluding carboxylic acids is 1. The summed E-state index contributed by atoms with van der Waals surface area (Å²) in [6.07, 6.45) is 3.48. The van der Waals surface area contributed by atoms with Crippen LogP contribution >= 0.6 is 24.0 Å². The molecule has 1 amide bonds. The van der Waals surface area contributed by atoms with Crippen LogP contribution in [0.25, 0.3) is 0 Å². The zero-order valence-corrected chi connectivity index (χ0v) is 16.5. The standard InChI is InChI=1S/C15H31N5O.HI/c1-4-9-20-10-7-13(8-11-20)19-15(17-6-3)18-12-14(21)16-5-2;/h13H,4-12H2,1-3H3,(H,16,21)(H2,17,18,19);1H. The van der Waals surface area contributed by atoms with Crippen LogP contribution in [0.15, 0.2) is 4.99 Å². The fraction of sp³-hybridized carbons (Fsp3) is 0.867. The third kappa shape index (κ3) is 8.77. The van der Waals surface area contributed by atoms with Gasteiger partial charge in [0.05, 0.1) is 0 Å². The Morgan fingerprint density at radius 3 is 2.32 bits per heavy atom. The minimum Gasteiger partial charge on any atom is -0.357 e. The number of aliphatic imine (C=N–C) groups is 1. The molecular weight excluding hydrogens is 393 g/mol. The molecule has 0 radical (unpaired) electrons. The third-order valence-electron chi connectivity index (χ3n) is 3.57. The highest BCUT2D eigenvalue weighted by Gasteiger charge is 2.19. The predicted octanol–water partition coefficient (Wildman–Crippen LogP) is 1.17. The van der Waals surface area contributed by atoms with E-state index in [2.05, 4.69) is 32.8 Å². The average Bonchev–Trinajstić information content (AvgIpc) is 2.48. The maximum Gasteiger partial charge on any atom is 0.241 e. The Bertz CT molecular complexity index is 330. The van der Waals surface area contributed by atoms with Crippen molar-refractivity contribution in [2.45, 2.75) is 46.1 Å². The van der Waals surface area contributed by atoms with Gasteiger partial charge < -0.3 is 20.9 Å². The van der Waals surface area contributed by atoms with Crippen molar-refractivity contribution >= 4 is 35.8 Å². The Kier molecular flexibility index (Phi) is 12.6. The predicted molar refractivity (Wildman–Crippen MR) is 103 cm³/mol. The number of nitrogens with zero attached hydrogens (tertiary/aromatic N) is 2. The summed E-state index contributed by atoms with van der Waals surface area (Å²) in [5.41, 5.74) is 0. The SMILES string of the molecule is CCCN1CCC(NC(=NCC(=O)NCC)NCC)CC1.I. The molecule has 0 aromatic rings. The van der Waals surface area contributed by atoms with Gasteiger partial charge in [-0.2, -0.15) is 0 Å². The van der Waals surface area contributed by atoms with Gasteiger partial charge >= 0.3 is 0 Å². The summed E-state index contributed by atoms with van der Waals surface area (Å²) in [7, 11) is 0. The lowest BCUT2D eigenvalue weighted by molar-refractivity contribution is -0.119. The van der Waals surface area contributed by atoms with Crippen molar-refractivity contribution < 1.29 is 4.79 Å². The lowest BCUT2D eigenvalue weighted by Gasteiger charge is -2.32. The number of hydrogen-bond donors (Lipinski definition) is 3. The van der Waals surface area contributed by atoms with Crippen molar-refractivity contribution in [2.24, 2.45) is 4.99 Å². The molecule has 1 heterocycles. The summed E-state index contributed by atoms with van der Waals surface area (Å²) in [5.74, 6) is 0.713. The lowest BCUT2D eigenvalue weighted by atomic mass is 10.1. The first kappa shape index (κ1) is 21.4. The van der Waals surface area contributed by atoms with E-state index in [1.807, 2.05) is 13.8 Å². The number of carbonyl (C=O) groups is 1. The van der Waals surface area contributed by atoms with E-state index in [1.165, 1.54) is 13.0 Å². The van der Waals surface area contributed by atoms with E-state index in [0.717, 1.165) is 38.4 Å². The number of hydrogen-bond acceptors (Lipinski definition) is 3. The van der Waals surface area contributed by atoms with Gasteiger partial charge in [-0.25, -0.2) is 4.99 Å². The largest absolute Gasteiger partial charge is 0.357 e. The van der Waals surface area contributed by atoms with E-state index in [4.69, 9.17) is 0 Å². The maximum absolute atomic E-state index is 11.5. The van der Waals surface area contributed by atoms with Crippen molar-refractivity contribution in [3.63, 3.8) is 0 Å². The van der Waals surface area contributed by atoms with E-state index in [0.29, 0.717) is 12.6 Å². The van der Waals surface area contributed by atoms with Gasteiger partial charge in [-0.1, -0.05) is 6.92 Å². The molecule has 0 spiro atoms. The first-order chi connectivity index (χ1) is 10.2. The maximum atomic E-state index is 11.5. The minimum absolute atomic E-state index is 0. The van der Waals surface area contributed by atoms with Crippen LogP contribution in [-0.2, 0) is 4.79 Å². The third-order valence-corrected chi connectivity index (χ3v) is 3.57. The number of rotatable bonds is 7. The number of guanidine groups is 1. The van der Waals surface area contributed by atoms with Gasteiger partial charge in [0.15, 0.2) is 5.96 Å². The molecule has 1 rings (SSSR count). The first-order valence-electron chi connectivity index (χ1n) is 8.23. The van der Waals surface area contributed by atoms with Gasteiger partial charge in [0, 0.05) is 32.2 Å². The molecule has 7 heteroatoms. The van der Waals surface area contributed by atoms with E-state index in [-0.39, 0.29) is 36.4 Å². The molecule has 0 saturated carbocycles. The molecule has 130 valence electrons. The van der Waals surface area contributed by atoms with E-state index < -0.39 is 0 Å². The van der Waals surface area contributed by atoms with E-state index >= 15 is 0 Å². The summed E-state index contributed by atoms with van der Waals surface area (Å²) < 4.78 is 0. The van der Waals surface area contributed by atoms with Crippen LogP contribution in [0.5, 0.6) is 0 Å². The molecule has 0 aromatic carbocycles. The van der Waals surface area contributed by atoms with Gasteiger partial charge in [0.25, 0.3) is 0 Å². The summed E-state index contributed by atoms with van der Waals surface area (Å²) in [6.45, 7) is 11.3. The van der Waals surface area contributed by atoms with Gasteiger partial charge in [-0.05, 0) is 39.7 Å². The van der Waals surface area contributed by atoms with Crippen LogP contribution in [-0.4, -0.2) is 62.1 Å². The normalized spacial score (nSPS) is 16.8. The Morgan fingerprint density at radius 2 is 1.77 bits per heavy atom. The van der Waals surface area contributed by atoms with E-state index in [9.17, 15) is 4.79 Å². The highest BCUT2D eigenvalue weighted by atomic mass is 127. The summed E-state index contributed by atoms with van der Waals surface area (Å²) >= 11 is 0. The molecule has 0 atom stereocenters. The lowest BCUT2D eigenvalue weighted by Crippen LogP contribution is -2.49. The van der Waals surface area contributed by atoms with Crippen molar-refractivity contribution in [3.05, 3.63) is 0 Å². The molecule has 0 aromatic heterocycles. The number of nitrogens with one attached hydrogen (secondary N) is 3. The van der Waals surface area contributed by atoms with Crippen LogP contribution in [0.1, 0.15) is 40.0 Å². The second-order valence-electron chi connectivity index (χ2n) is 5.41. The zero-order valence-electron chi connectivity index (χ0n) is 14.2. The minimum atomic E-state index is -0.0348. The Hall–Kier alpha value is -0.570. The number of piperidine rings is 1. The summed E-state index contributed by atoms with van der Waals surface area (Å²) in [5, 5.41) is 9.42. The summed E-state index contributed by atoms with van der Waals surface area (Å²) in [4.78, 5) is 18.3. The molecule has 1 fully saturated rings. The van der Waals surface area contributed by atoms with Gasteiger partial charge in [0.1, 0.15) is 6.54 Å². The molecule has 22 heavy (non-hydrogen) atoms. The Morgan fingerprint density at radius 1 is 1.14 bits per heavy atom. The molecule has 3 N–H and O–H groups in total. The van der Waals surface area contributed by atoms with Crippen LogP contribution in [0.4, 0.5) is 0 Å². The molecule has 1 aliphatic heterocycles. The van der Waals surface area contributed by atoms with Crippen molar-refractivity contribution in [1.82, 2.24) is 20.9 Å². The monoisotopic (exact) mass is 425 g/mol. The van der Waals surface area contributed by atoms with Crippen molar-refractivity contribution in [1.29, 1.82) is 0 Å². The number of halogens is 1.